The number of alkyl halides is 1. The minimum atomic E-state index is -5.56. The van der Waals surface area contributed by atoms with Crippen molar-refractivity contribution in [2.75, 3.05) is 6.61 Å². The van der Waals surface area contributed by atoms with Gasteiger partial charge in [-0.15, -0.1) is 0 Å². The van der Waals surface area contributed by atoms with Gasteiger partial charge in [-0.2, -0.15) is 0 Å². The van der Waals surface area contributed by atoms with Gasteiger partial charge >= 0.3 is 71.1 Å². The van der Waals surface area contributed by atoms with E-state index in [4.69, 9.17) is 0 Å². The molecule has 0 N–H and O–H groups in total. The van der Waals surface area contributed by atoms with E-state index in [1.807, 2.05) is 5.92 Å². The number of rotatable bonds is 6. The zero-order valence-corrected chi connectivity index (χ0v) is 23.1. The first kappa shape index (κ1) is 35.5. The molecule has 0 radical (unpaired) electrons. The molecule has 0 aromatic carbocycles. The van der Waals surface area contributed by atoms with Crippen molar-refractivity contribution in [1.82, 2.24) is 0 Å². The molecule has 33 heavy (non-hydrogen) atoms. The van der Waals surface area contributed by atoms with Crippen molar-refractivity contribution in [2.45, 2.75) is 32.3 Å². The van der Waals surface area contributed by atoms with Gasteiger partial charge in [0, 0.05) is 19.3 Å². The summed E-state index contributed by atoms with van der Waals surface area (Å²) in [4.78, 5) is 43.7. The summed E-state index contributed by atoms with van der Waals surface area (Å²) in [5, 5.41) is 0. The maximum Gasteiger partial charge on any atom is 1.00 e. The van der Waals surface area contributed by atoms with Crippen LogP contribution in [-0.4, -0.2) is 30.6 Å². The van der Waals surface area contributed by atoms with Crippen molar-refractivity contribution >= 4 is 19.5 Å². The Labute approximate surface area is 236 Å². The first-order chi connectivity index (χ1) is 14.7. The number of carbonyl (C=O) groups is 2. The van der Waals surface area contributed by atoms with Crippen LogP contribution in [0.2, 0.25) is 0 Å². The minimum absolute atomic E-state index is 0. The van der Waals surface area contributed by atoms with Gasteiger partial charge < -0.3 is 23.8 Å². The van der Waals surface area contributed by atoms with Gasteiger partial charge in [0.2, 0.25) is 0 Å². The van der Waals surface area contributed by atoms with E-state index in [9.17, 15) is 28.3 Å². The molecule has 11 heteroatoms. The van der Waals surface area contributed by atoms with Crippen molar-refractivity contribution in [3.63, 3.8) is 0 Å². The van der Waals surface area contributed by atoms with Crippen LogP contribution in [0.4, 0.5) is 4.39 Å². The predicted octanol–water partition coefficient (Wildman–Crippen LogP) is -6.89. The van der Waals surface area contributed by atoms with Crippen molar-refractivity contribution < 1.29 is 96.9 Å². The molecule has 0 rings (SSSR count). The minimum Gasteiger partial charge on any atom is -0.809 e. The number of ether oxygens (including phenoxy) is 2. The SMILES string of the molecule is CC#CC#CC#CC#CC#CC#CC#CC(=O)O[C@H](COC(C)=O)CC(F)P(=O)([O-])[O-].[Na+].[Na+]. The first-order valence-electron chi connectivity index (χ1n) is 8.09. The molecule has 0 saturated carbocycles. The Kier molecular flexibility index (Phi) is 23.4. The second-order valence-corrected chi connectivity index (χ2v) is 6.55. The molecule has 0 aliphatic heterocycles. The second-order valence-electron chi connectivity index (χ2n) is 4.91. The molecule has 0 aliphatic rings. The monoisotopic (exact) mass is 484 g/mol. The maximum absolute atomic E-state index is 13.4. The summed E-state index contributed by atoms with van der Waals surface area (Å²) in [5.74, 6) is 27.9. The van der Waals surface area contributed by atoms with Crippen LogP contribution in [0.25, 0.3) is 0 Å². The van der Waals surface area contributed by atoms with Gasteiger partial charge in [-0.1, -0.05) is 5.92 Å². The van der Waals surface area contributed by atoms with Crippen LogP contribution in [0.5, 0.6) is 0 Å². The van der Waals surface area contributed by atoms with Crippen molar-refractivity contribution in [3.8, 4) is 82.9 Å². The Morgan fingerprint density at radius 3 is 1.70 bits per heavy atom. The zero-order valence-electron chi connectivity index (χ0n) is 18.3. The molecule has 0 saturated heterocycles. The van der Waals surface area contributed by atoms with Crippen LogP contribution in [0.1, 0.15) is 20.3 Å². The van der Waals surface area contributed by atoms with E-state index < -0.39 is 44.6 Å². The van der Waals surface area contributed by atoms with Crippen molar-refractivity contribution in [3.05, 3.63) is 0 Å². The van der Waals surface area contributed by atoms with Gasteiger partial charge in [-0.05, 0) is 85.6 Å². The van der Waals surface area contributed by atoms with Gasteiger partial charge in [0.1, 0.15) is 18.6 Å². The average Bonchev–Trinajstić information content (AvgIpc) is 2.68. The third-order valence-corrected chi connectivity index (χ3v) is 3.42. The Morgan fingerprint density at radius 1 is 0.879 bits per heavy atom. The quantitative estimate of drug-likeness (QED) is 0.121. The molecule has 0 aromatic heterocycles. The zero-order chi connectivity index (χ0) is 23.5. The van der Waals surface area contributed by atoms with E-state index >= 15 is 0 Å². The number of halogens is 1. The van der Waals surface area contributed by atoms with E-state index in [1.165, 1.54) is 0 Å². The molecule has 0 amide bonds. The molecule has 0 fully saturated rings. The van der Waals surface area contributed by atoms with Crippen LogP contribution >= 0.6 is 7.60 Å². The van der Waals surface area contributed by atoms with Crippen LogP contribution in [0, 0.1) is 82.9 Å². The molecule has 0 bridgehead atoms. The normalized spacial score (nSPS) is 9.36. The number of esters is 2. The third-order valence-electron chi connectivity index (χ3n) is 2.52. The number of carbonyl (C=O) groups excluding carboxylic acids is 2. The summed E-state index contributed by atoms with van der Waals surface area (Å²) in [5.41, 5.74) is 0. The van der Waals surface area contributed by atoms with E-state index in [0.29, 0.717) is 0 Å². The smallest absolute Gasteiger partial charge is 0.809 e. The molecule has 1 unspecified atom stereocenters. The van der Waals surface area contributed by atoms with Crippen molar-refractivity contribution in [2.24, 2.45) is 0 Å². The summed E-state index contributed by atoms with van der Waals surface area (Å²) >= 11 is 0. The van der Waals surface area contributed by atoms with Crippen LogP contribution < -0.4 is 68.9 Å². The average molecular weight is 484 g/mol. The number of hydrogen-bond acceptors (Lipinski definition) is 7. The van der Waals surface area contributed by atoms with Crippen LogP contribution in [-0.2, 0) is 23.6 Å². The summed E-state index contributed by atoms with van der Waals surface area (Å²) in [7, 11) is -5.56. The molecule has 0 spiro atoms. The topological polar surface area (TPSA) is 116 Å². The molecule has 2 atom stereocenters. The fourth-order valence-corrected chi connectivity index (χ4v) is 1.84. The summed E-state index contributed by atoms with van der Waals surface area (Å²) in [6.45, 7) is 2.02. The van der Waals surface area contributed by atoms with Crippen molar-refractivity contribution in [1.29, 1.82) is 0 Å². The Bertz CT molecular complexity index is 1180. The maximum atomic E-state index is 13.4. The van der Waals surface area contributed by atoms with Gasteiger partial charge in [-0.25, -0.2) is 9.18 Å². The van der Waals surface area contributed by atoms with Gasteiger partial charge in [0.05, 0.1) is 0 Å². The molecule has 0 aromatic rings. The molecule has 0 aliphatic carbocycles. The first-order valence-corrected chi connectivity index (χ1v) is 9.70. The Hall–Kier alpha value is -2.06. The largest absolute Gasteiger partial charge is 1.00 e. The Morgan fingerprint density at radius 2 is 1.30 bits per heavy atom. The molecule has 7 nitrogen and oxygen atoms in total. The Balaban J connectivity index is -0.00000450. The standard InChI is InChI=1S/C22H14FO7P.2Na/c1-3-4-5-6-7-8-9-10-11-12-13-14-15-16-22(25)30-20(18-29-19(2)24)17-21(23)31(26,27)28;;/h20-21H,17-18H2,1-2H3,(H2,26,27,28);;/q;2*+1/p-2/t20-,21?;;/m0../s1. The van der Waals surface area contributed by atoms with E-state index in [2.05, 4.69) is 86.4 Å². The number of hydrogen-bond donors (Lipinski definition) is 0. The molecular formula is C22H12FNa2O7P. The van der Waals surface area contributed by atoms with Crippen LogP contribution in [0.15, 0.2) is 0 Å². The van der Waals surface area contributed by atoms with Gasteiger partial charge in [0.25, 0.3) is 0 Å². The van der Waals surface area contributed by atoms with E-state index in [-0.39, 0.29) is 59.1 Å². The summed E-state index contributed by atoms with van der Waals surface area (Å²) < 4.78 is 33.3. The summed E-state index contributed by atoms with van der Waals surface area (Å²) in [6.07, 6.45) is -2.54. The third kappa shape index (κ3) is 22.9. The molecule has 156 valence electrons. The molecular weight excluding hydrogens is 472 g/mol. The predicted molar refractivity (Wildman–Crippen MR) is 104 cm³/mol. The fraction of sp³-hybridized carbons (Fsp3) is 0.273. The van der Waals surface area contributed by atoms with E-state index in [1.54, 1.807) is 6.92 Å². The van der Waals surface area contributed by atoms with E-state index in [0.717, 1.165) is 6.92 Å². The second kappa shape index (κ2) is 21.8. The van der Waals surface area contributed by atoms with Gasteiger partial charge in [0.15, 0.2) is 0 Å². The fourth-order valence-electron chi connectivity index (χ4n) is 1.34. The van der Waals surface area contributed by atoms with Gasteiger partial charge in [-0.3, -0.25) is 4.79 Å². The van der Waals surface area contributed by atoms with Crippen LogP contribution in [0.3, 0.4) is 0 Å². The summed E-state index contributed by atoms with van der Waals surface area (Å²) in [6, 6.07) is 0. The molecule has 0 heterocycles.